The maximum atomic E-state index is 13.1. The number of rotatable bonds is 7. The number of aromatic nitrogens is 2. The second kappa shape index (κ2) is 9.45. The molecule has 30 heavy (non-hydrogen) atoms. The third-order valence-electron chi connectivity index (χ3n) is 4.07. The van der Waals surface area contributed by atoms with Crippen LogP contribution >= 0.6 is 11.6 Å². The standard InChI is InChI=1S/C20H17ClF3N5O/c21-15-3-1-2-13(8-15)19(30)29-12-28-17-5-4-14(20(22,23)24)9-18(17)26-7-6-16-10-25-11-27-16/h1-5,8-12,26H,6-7H2,(H,25,27)(H,28,29,30). The fourth-order valence-electron chi connectivity index (χ4n) is 2.59. The molecule has 0 spiro atoms. The number of alkyl halides is 3. The lowest BCUT2D eigenvalue weighted by Gasteiger charge is -2.13. The van der Waals surface area contributed by atoms with Crippen molar-refractivity contribution in [2.75, 3.05) is 11.9 Å². The van der Waals surface area contributed by atoms with Crippen molar-refractivity contribution in [1.82, 2.24) is 15.3 Å². The first kappa shape index (κ1) is 21.4. The monoisotopic (exact) mass is 435 g/mol. The first-order valence-corrected chi connectivity index (χ1v) is 9.22. The van der Waals surface area contributed by atoms with Gasteiger partial charge in [-0.25, -0.2) is 9.98 Å². The number of H-pyrrole nitrogens is 1. The molecule has 156 valence electrons. The molecular weight excluding hydrogens is 419 g/mol. The Kier molecular flexibility index (Phi) is 6.73. The molecule has 0 aliphatic heterocycles. The van der Waals surface area contributed by atoms with Crippen molar-refractivity contribution >= 4 is 35.2 Å². The van der Waals surface area contributed by atoms with Crippen molar-refractivity contribution < 1.29 is 18.0 Å². The van der Waals surface area contributed by atoms with Gasteiger partial charge in [-0.1, -0.05) is 17.7 Å². The molecule has 3 N–H and O–H groups in total. The number of anilines is 1. The van der Waals surface area contributed by atoms with Gasteiger partial charge in [-0.2, -0.15) is 13.2 Å². The van der Waals surface area contributed by atoms with Gasteiger partial charge in [0.2, 0.25) is 0 Å². The van der Waals surface area contributed by atoms with Crippen molar-refractivity contribution in [3.8, 4) is 0 Å². The van der Waals surface area contributed by atoms with Crippen LogP contribution in [0.2, 0.25) is 5.02 Å². The number of aromatic amines is 1. The normalized spacial score (nSPS) is 11.6. The van der Waals surface area contributed by atoms with E-state index in [0.29, 0.717) is 23.6 Å². The molecule has 0 saturated carbocycles. The zero-order chi connectivity index (χ0) is 21.6. The van der Waals surface area contributed by atoms with Crippen LogP contribution < -0.4 is 10.6 Å². The van der Waals surface area contributed by atoms with Gasteiger partial charge in [0.15, 0.2) is 0 Å². The SMILES string of the molecule is O=C(NC=Nc1ccc(C(F)(F)F)cc1NCCc1cnc[nH]1)c1cccc(Cl)c1. The molecule has 0 bridgehead atoms. The van der Waals surface area contributed by atoms with Crippen LogP contribution in [0.15, 0.2) is 60.0 Å². The lowest BCUT2D eigenvalue weighted by atomic mass is 10.1. The predicted octanol–water partition coefficient (Wildman–Crippen LogP) is 4.83. The van der Waals surface area contributed by atoms with E-state index >= 15 is 0 Å². The molecule has 0 radical (unpaired) electrons. The minimum Gasteiger partial charge on any atom is -0.383 e. The van der Waals surface area contributed by atoms with Crippen molar-refractivity contribution in [2.45, 2.75) is 12.6 Å². The van der Waals surface area contributed by atoms with E-state index in [2.05, 4.69) is 25.6 Å². The molecule has 10 heteroatoms. The van der Waals surface area contributed by atoms with E-state index in [1.54, 1.807) is 24.4 Å². The van der Waals surface area contributed by atoms with Gasteiger partial charge in [-0.3, -0.25) is 4.79 Å². The van der Waals surface area contributed by atoms with Gasteiger partial charge in [0.25, 0.3) is 5.91 Å². The van der Waals surface area contributed by atoms with Gasteiger partial charge in [-0.15, -0.1) is 0 Å². The minimum absolute atomic E-state index is 0.192. The molecule has 0 atom stereocenters. The Morgan fingerprint density at radius 1 is 1.23 bits per heavy atom. The number of hydrogen-bond acceptors (Lipinski definition) is 4. The number of hydrogen-bond donors (Lipinski definition) is 3. The zero-order valence-corrected chi connectivity index (χ0v) is 16.3. The quantitative estimate of drug-likeness (QED) is 0.367. The summed E-state index contributed by atoms with van der Waals surface area (Å²) < 4.78 is 39.2. The van der Waals surface area contributed by atoms with Gasteiger partial charge < -0.3 is 15.6 Å². The maximum absolute atomic E-state index is 13.1. The highest BCUT2D eigenvalue weighted by atomic mass is 35.5. The second-order valence-electron chi connectivity index (χ2n) is 6.23. The summed E-state index contributed by atoms with van der Waals surface area (Å²) >= 11 is 5.86. The highest BCUT2D eigenvalue weighted by Gasteiger charge is 2.31. The highest BCUT2D eigenvalue weighted by molar-refractivity contribution is 6.31. The number of benzene rings is 2. The van der Waals surface area contributed by atoms with Crippen LogP contribution in [-0.4, -0.2) is 28.8 Å². The first-order chi connectivity index (χ1) is 14.3. The highest BCUT2D eigenvalue weighted by Crippen LogP contribution is 2.35. The topological polar surface area (TPSA) is 82.2 Å². The number of halogens is 4. The summed E-state index contributed by atoms with van der Waals surface area (Å²) in [6, 6.07) is 9.50. The number of carbonyl (C=O) groups is 1. The Balaban J connectivity index is 1.73. The average molecular weight is 436 g/mol. The molecule has 6 nitrogen and oxygen atoms in total. The molecular formula is C20H17ClF3N5O. The van der Waals surface area contributed by atoms with Crippen molar-refractivity contribution in [3.63, 3.8) is 0 Å². The minimum atomic E-state index is -4.48. The second-order valence-corrected chi connectivity index (χ2v) is 6.66. The summed E-state index contributed by atoms with van der Waals surface area (Å²) in [4.78, 5) is 23.0. The predicted molar refractivity (Wildman–Crippen MR) is 109 cm³/mol. The summed E-state index contributed by atoms with van der Waals surface area (Å²) in [6.07, 6.45) is 0.343. The third-order valence-corrected chi connectivity index (χ3v) is 4.31. The van der Waals surface area contributed by atoms with E-state index in [-0.39, 0.29) is 11.4 Å². The van der Waals surface area contributed by atoms with E-state index in [1.165, 1.54) is 18.5 Å². The molecule has 1 heterocycles. The lowest BCUT2D eigenvalue weighted by Crippen LogP contribution is -2.21. The Labute approximate surface area is 175 Å². The van der Waals surface area contributed by atoms with Gasteiger partial charge in [0.1, 0.15) is 0 Å². The number of nitrogens with zero attached hydrogens (tertiary/aromatic N) is 2. The van der Waals surface area contributed by atoms with Gasteiger partial charge in [-0.05, 0) is 36.4 Å². The lowest BCUT2D eigenvalue weighted by molar-refractivity contribution is -0.137. The Bertz CT molecular complexity index is 1040. The molecule has 0 unspecified atom stereocenters. The maximum Gasteiger partial charge on any atom is 0.416 e. The summed E-state index contributed by atoms with van der Waals surface area (Å²) in [5, 5.41) is 5.83. The van der Waals surface area contributed by atoms with E-state index in [0.717, 1.165) is 24.2 Å². The van der Waals surface area contributed by atoms with E-state index in [9.17, 15) is 18.0 Å². The van der Waals surface area contributed by atoms with Crippen LogP contribution in [0.4, 0.5) is 24.5 Å². The van der Waals surface area contributed by atoms with Crippen LogP contribution in [0, 0.1) is 0 Å². The number of carbonyl (C=O) groups excluding carboxylic acids is 1. The van der Waals surface area contributed by atoms with E-state index < -0.39 is 17.6 Å². The van der Waals surface area contributed by atoms with Crippen molar-refractivity contribution in [1.29, 1.82) is 0 Å². The van der Waals surface area contributed by atoms with Crippen molar-refractivity contribution in [2.24, 2.45) is 4.99 Å². The fraction of sp³-hybridized carbons (Fsp3) is 0.150. The van der Waals surface area contributed by atoms with Crippen LogP contribution in [-0.2, 0) is 12.6 Å². The number of amides is 1. The summed E-state index contributed by atoms with van der Waals surface area (Å²) in [5.74, 6) is -0.443. The molecule has 3 aromatic rings. The average Bonchev–Trinajstić information content (AvgIpc) is 3.21. The Hall–Kier alpha value is -3.33. The Morgan fingerprint density at radius 2 is 2.07 bits per heavy atom. The van der Waals surface area contributed by atoms with Crippen LogP contribution in [0.5, 0.6) is 0 Å². The van der Waals surface area contributed by atoms with Gasteiger partial charge in [0.05, 0.1) is 29.6 Å². The molecule has 1 amide bonds. The van der Waals surface area contributed by atoms with Crippen LogP contribution in [0.3, 0.4) is 0 Å². The first-order valence-electron chi connectivity index (χ1n) is 8.84. The van der Waals surface area contributed by atoms with Gasteiger partial charge >= 0.3 is 6.18 Å². The van der Waals surface area contributed by atoms with Crippen molar-refractivity contribution in [3.05, 3.63) is 76.8 Å². The summed E-state index contributed by atoms with van der Waals surface area (Å²) in [6.45, 7) is 0.362. The zero-order valence-electron chi connectivity index (χ0n) is 15.5. The number of aliphatic imine (C=N–C) groups is 1. The van der Waals surface area contributed by atoms with Crippen LogP contribution in [0.1, 0.15) is 21.6 Å². The molecule has 0 aliphatic rings. The molecule has 2 aromatic carbocycles. The van der Waals surface area contributed by atoms with Crippen LogP contribution in [0.25, 0.3) is 0 Å². The molecule has 0 aliphatic carbocycles. The number of imidazole rings is 1. The number of nitrogens with one attached hydrogen (secondary N) is 3. The molecule has 1 aromatic heterocycles. The van der Waals surface area contributed by atoms with Gasteiger partial charge in [0, 0.05) is 35.4 Å². The molecule has 0 saturated heterocycles. The third kappa shape index (κ3) is 5.84. The summed E-state index contributed by atoms with van der Waals surface area (Å²) in [7, 11) is 0. The Morgan fingerprint density at radius 3 is 2.77 bits per heavy atom. The largest absolute Gasteiger partial charge is 0.416 e. The molecule has 0 fully saturated rings. The smallest absolute Gasteiger partial charge is 0.383 e. The summed E-state index contributed by atoms with van der Waals surface area (Å²) in [5.41, 5.74) is 0.817. The van der Waals surface area contributed by atoms with E-state index in [4.69, 9.17) is 11.6 Å². The van der Waals surface area contributed by atoms with E-state index in [1.807, 2.05) is 0 Å². The molecule has 3 rings (SSSR count). The fourth-order valence-corrected chi connectivity index (χ4v) is 2.78.